The van der Waals surface area contributed by atoms with Crippen LogP contribution in [-0.4, -0.2) is 47.7 Å². The van der Waals surface area contributed by atoms with Crippen molar-refractivity contribution in [2.45, 2.75) is 6.92 Å². The van der Waals surface area contributed by atoms with Crippen LogP contribution in [0.3, 0.4) is 0 Å². The molecule has 1 fully saturated rings. The molecule has 1 aliphatic rings. The summed E-state index contributed by atoms with van der Waals surface area (Å²) in [4.78, 5) is 16.1. The summed E-state index contributed by atoms with van der Waals surface area (Å²) in [7, 11) is 0. The molecule has 1 saturated heterocycles. The van der Waals surface area contributed by atoms with Gasteiger partial charge in [0.25, 0.3) is 0 Å². The number of anilines is 1. The van der Waals surface area contributed by atoms with Crippen LogP contribution in [0.25, 0.3) is 21.9 Å². The quantitative estimate of drug-likeness (QED) is 0.741. The maximum Gasteiger partial charge on any atom is 0.156 e. The van der Waals surface area contributed by atoms with Crippen molar-refractivity contribution in [3.63, 3.8) is 0 Å². The second kappa shape index (κ2) is 5.21. The smallest absolute Gasteiger partial charge is 0.156 e. The van der Waals surface area contributed by atoms with Gasteiger partial charge in [-0.15, -0.1) is 0 Å². The van der Waals surface area contributed by atoms with Gasteiger partial charge in [-0.25, -0.2) is 14.4 Å². The molecule has 0 aliphatic carbocycles. The molecule has 2 aromatic heterocycles. The summed E-state index contributed by atoms with van der Waals surface area (Å²) in [6.45, 7) is 7.60. The molecular weight excluding hydrogens is 281 g/mol. The number of nitrogens with zero attached hydrogens (tertiary/aromatic N) is 3. The number of hydrogen-bond acceptors (Lipinski definition) is 3. The monoisotopic (exact) mass is 300 g/mol. The first-order chi connectivity index (χ1) is 10.8. The summed E-state index contributed by atoms with van der Waals surface area (Å²) < 4.78 is 13.5. The zero-order chi connectivity index (χ0) is 15.1. The zero-order valence-corrected chi connectivity index (χ0v) is 12.6. The molecule has 1 aliphatic heterocycles. The predicted molar refractivity (Wildman–Crippen MR) is 84.8 cm³/mol. The van der Waals surface area contributed by atoms with Crippen molar-refractivity contribution in [3.8, 4) is 0 Å². The lowest BCUT2D eigenvalue weighted by molar-refractivity contribution is -0.898. The lowest BCUT2D eigenvalue weighted by atomic mass is 10.2. The minimum atomic E-state index is -0.242. The van der Waals surface area contributed by atoms with Gasteiger partial charge >= 0.3 is 0 Å². The lowest BCUT2D eigenvalue weighted by Gasteiger charge is -2.32. The third-order valence-electron chi connectivity index (χ3n) is 4.59. The van der Waals surface area contributed by atoms with E-state index in [0.29, 0.717) is 0 Å². The van der Waals surface area contributed by atoms with Crippen LogP contribution in [-0.2, 0) is 0 Å². The van der Waals surface area contributed by atoms with Gasteiger partial charge in [0.1, 0.15) is 23.2 Å². The molecule has 1 aromatic carbocycles. The molecule has 6 heteroatoms. The van der Waals surface area contributed by atoms with Gasteiger partial charge in [0.05, 0.1) is 32.7 Å². The normalized spacial score (nSPS) is 16.7. The molecule has 3 aromatic rings. The van der Waals surface area contributed by atoms with Gasteiger partial charge in [0.2, 0.25) is 0 Å². The first-order valence-electron chi connectivity index (χ1n) is 7.76. The van der Waals surface area contributed by atoms with Gasteiger partial charge in [-0.3, -0.25) is 0 Å². The summed E-state index contributed by atoms with van der Waals surface area (Å²) in [5.74, 6) is 0.686. The summed E-state index contributed by atoms with van der Waals surface area (Å²) in [5.41, 5.74) is 2.60. The highest BCUT2D eigenvalue weighted by Crippen LogP contribution is 2.29. The maximum atomic E-state index is 13.5. The number of aromatic amines is 1. The number of hydrogen-bond donors (Lipinski definition) is 2. The van der Waals surface area contributed by atoms with E-state index in [0.717, 1.165) is 53.9 Å². The number of aromatic nitrogens is 3. The molecule has 0 saturated carbocycles. The SMILES string of the molecule is CC[NH+]1CCN(c2ncnc3c2[nH]c2ccc(F)cc23)CC1. The number of likely N-dealkylation sites (N-methyl/N-ethyl adjacent to an activating group) is 1. The highest BCUT2D eigenvalue weighted by molar-refractivity contribution is 6.08. The third kappa shape index (κ3) is 2.11. The van der Waals surface area contributed by atoms with E-state index in [1.165, 1.54) is 18.7 Å². The fraction of sp³-hybridized carbons (Fsp3) is 0.375. The molecule has 3 heterocycles. The van der Waals surface area contributed by atoms with Crippen molar-refractivity contribution in [1.29, 1.82) is 0 Å². The van der Waals surface area contributed by atoms with E-state index in [1.807, 2.05) is 0 Å². The molecule has 0 radical (unpaired) electrons. The molecule has 0 spiro atoms. The van der Waals surface area contributed by atoms with Crippen molar-refractivity contribution in [2.75, 3.05) is 37.6 Å². The number of fused-ring (bicyclic) bond motifs is 3. The number of H-pyrrole nitrogens is 1. The average Bonchev–Trinajstić information content (AvgIpc) is 2.93. The van der Waals surface area contributed by atoms with E-state index < -0.39 is 0 Å². The molecule has 22 heavy (non-hydrogen) atoms. The first-order valence-corrected chi connectivity index (χ1v) is 7.76. The Kier molecular flexibility index (Phi) is 3.18. The lowest BCUT2D eigenvalue weighted by Crippen LogP contribution is -3.14. The Hall–Kier alpha value is -2.21. The van der Waals surface area contributed by atoms with Crippen LogP contribution in [0.2, 0.25) is 0 Å². The Bertz CT molecular complexity index is 820. The first kappa shape index (κ1) is 13.5. The van der Waals surface area contributed by atoms with E-state index in [4.69, 9.17) is 0 Å². The molecule has 0 atom stereocenters. The Balaban J connectivity index is 1.80. The van der Waals surface area contributed by atoms with Crippen LogP contribution in [0.15, 0.2) is 24.5 Å². The summed E-state index contributed by atoms with van der Waals surface area (Å²) in [6, 6.07) is 4.76. The van der Waals surface area contributed by atoms with Gasteiger partial charge < -0.3 is 14.8 Å². The zero-order valence-electron chi connectivity index (χ0n) is 12.6. The number of quaternary nitrogens is 1. The number of rotatable bonds is 2. The second-order valence-corrected chi connectivity index (χ2v) is 5.83. The molecule has 2 N–H and O–H groups in total. The third-order valence-corrected chi connectivity index (χ3v) is 4.59. The Labute approximate surface area is 127 Å². The minimum Gasteiger partial charge on any atom is -0.350 e. The van der Waals surface area contributed by atoms with Gasteiger partial charge in [-0.05, 0) is 25.1 Å². The van der Waals surface area contributed by atoms with Gasteiger partial charge in [0.15, 0.2) is 5.82 Å². The average molecular weight is 300 g/mol. The number of halogens is 1. The van der Waals surface area contributed by atoms with Gasteiger partial charge in [-0.1, -0.05) is 0 Å². The van der Waals surface area contributed by atoms with Gasteiger partial charge in [0, 0.05) is 10.9 Å². The Morgan fingerprint density at radius 3 is 2.86 bits per heavy atom. The Morgan fingerprint density at radius 1 is 1.27 bits per heavy atom. The van der Waals surface area contributed by atoms with Crippen molar-refractivity contribution >= 4 is 27.8 Å². The summed E-state index contributed by atoms with van der Waals surface area (Å²) in [5, 5.41) is 0.816. The van der Waals surface area contributed by atoms with Crippen LogP contribution in [0, 0.1) is 5.82 Å². The molecule has 0 amide bonds. The topological polar surface area (TPSA) is 49.2 Å². The van der Waals surface area contributed by atoms with Crippen LogP contribution in [0.5, 0.6) is 0 Å². The fourth-order valence-corrected chi connectivity index (χ4v) is 3.28. The fourth-order valence-electron chi connectivity index (χ4n) is 3.28. The van der Waals surface area contributed by atoms with Crippen LogP contribution < -0.4 is 9.80 Å². The summed E-state index contributed by atoms with van der Waals surface area (Å²) >= 11 is 0. The van der Waals surface area contributed by atoms with E-state index >= 15 is 0 Å². The Morgan fingerprint density at radius 2 is 2.09 bits per heavy atom. The predicted octanol–water partition coefficient (Wildman–Crippen LogP) is 0.975. The molecule has 5 nitrogen and oxygen atoms in total. The number of nitrogens with one attached hydrogen (secondary N) is 2. The molecule has 114 valence electrons. The van der Waals surface area contributed by atoms with Crippen LogP contribution >= 0.6 is 0 Å². The minimum absolute atomic E-state index is 0.242. The highest BCUT2D eigenvalue weighted by Gasteiger charge is 2.22. The second-order valence-electron chi connectivity index (χ2n) is 5.83. The maximum absolute atomic E-state index is 13.5. The van der Waals surface area contributed by atoms with Crippen molar-refractivity contribution < 1.29 is 9.29 Å². The largest absolute Gasteiger partial charge is 0.350 e. The molecular formula is C16H19FN5+. The van der Waals surface area contributed by atoms with Crippen molar-refractivity contribution in [2.24, 2.45) is 0 Å². The van der Waals surface area contributed by atoms with Crippen molar-refractivity contribution in [1.82, 2.24) is 15.0 Å². The van der Waals surface area contributed by atoms with E-state index in [2.05, 4.69) is 26.8 Å². The van der Waals surface area contributed by atoms with Crippen LogP contribution in [0.1, 0.15) is 6.92 Å². The number of piperazine rings is 1. The van der Waals surface area contributed by atoms with E-state index in [9.17, 15) is 4.39 Å². The van der Waals surface area contributed by atoms with Gasteiger partial charge in [-0.2, -0.15) is 0 Å². The van der Waals surface area contributed by atoms with Crippen molar-refractivity contribution in [3.05, 3.63) is 30.3 Å². The number of benzene rings is 1. The molecule has 4 rings (SSSR count). The highest BCUT2D eigenvalue weighted by atomic mass is 19.1. The van der Waals surface area contributed by atoms with E-state index in [-0.39, 0.29) is 5.82 Å². The van der Waals surface area contributed by atoms with E-state index in [1.54, 1.807) is 17.3 Å². The van der Waals surface area contributed by atoms with Crippen LogP contribution in [0.4, 0.5) is 10.2 Å². The molecule has 0 bridgehead atoms. The molecule has 0 unspecified atom stereocenters. The standard InChI is InChI=1S/C16H18FN5/c1-2-21-5-7-22(8-6-21)16-15-14(18-10-19-16)12-9-11(17)3-4-13(12)20-15/h3-4,9-10,20H,2,5-8H2,1H3/p+1. The summed E-state index contributed by atoms with van der Waals surface area (Å²) in [6.07, 6.45) is 1.58.